The first-order valence-corrected chi connectivity index (χ1v) is 21.9. The van der Waals surface area contributed by atoms with Gasteiger partial charge in [0.1, 0.15) is 0 Å². The molecule has 4 nitrogen and oxygen atoms in total. The molecule has 0 unspecified atom stereocenters. The van der Waals surface area contributed by atoms with Gasteiger partial charge >= 0.3 is 0 Å². The number of hydrogen-bond donors (Lipinski definition) is 0. The van der Waals surface area contributed by atoms with Gasteiger partial charge < -0.3 is 18.8 Å². The molecule has 0 radical (unpaired) electrons. The van der Waals surface area contributed by atoms with E-state index in [1.165, 1.54) is 71.0 Å². The van der Waals surface area contributed by atoms with Crippen molar-refractivity contribution in [2.45, 2.75) is 0 Å². The highest BCUT2D eigenvalue weighted by atomic mass is 15.2. The Morgan fingerprint density at radius 2 is 0.703 bits per heavy atom. The van der Waals surface area contributed by atoms with Crippen LogP contribution in [0.25, 0.3) is 76.7 Å². The molecule has 0 aliphatic rings. The zero-order chi connectivity index (χ0) is 42.1. The van der Waals surface area contributed by atoms with E-state index in [0.29, 0.717) is 0 Å². The monoisotopic (exact) mass is 816 g/mol. The van der Waals surface area contributed by atoms with Gasteiger partial charge in [-0.25, -0.2) is 0 Å². The van der Waals surface area contributed by atoms with Crippen molar-refractivity contribution in [3.05, 3.63) is 243 Å². The van der Waals surface area contributed by atoms with Gasteiger partial charge in [0.2, 0.25) is 0 Å². The number of fused-ring (bicyclic) bond motifs is 5. The van der Waals surface area contributed by atoms with Crippen LogP contribution in [0.3, 0.4) is 0 Å². The summed E-state index contributed by atoms with van der Waals surface area (Å²) in [5.74, 6) is 0. The highest BCUT2D eigenvalue weighted by Crippen LogP contribution is 2.46. The van der Waals surface area contributed by atoms with Gasteiger partial charge in [0.05, 0.1) is 27.6 Å². The van der Waals surface area contributed by atoms with Crippen LogP contribution in [0.15, 0.2) is 243 Å². The maximum Gasteiger partial charge on any atom is 0.0619 e. The Labute approximate surface area is 370 Å². The average Bonchev–Trinajstić information content (AvgIpc) is 3.85. The Balaban J connectivity index is 1.01. The van der Waals surface area contributed by atoms with Gasteiger partial charge in [0, 0.05) is 66.7 Å². The van der Waals surface area contributed by atoms with Crippen LogP contribution in [0.4, 0.5) is 34.1 Å². The largest absolute Gasteiger partial charge is 0.310 e. The van der Waals surface area contributed by atoms with E-state index in [-0.39, 0.29) is 0 Å². The highest BCUT2D eigenvalue weighted by Gasteiger charge is 2.23. The molecule has 0 saturated heterocycles. The average molecular weight is 817 g/mol. The molecule has 0 saturated carbocycles. The van der Waals surface area contributed by atoms with Crippen molar-refractivity contribution in [2.75, 3.05) is 9.80 Å². The zero-order valence-electron chi connectivity index (χ0n) is 34.9. The molecule has 0 aliphatic heterocycles. The first kappa shape index (κ1) is 36.1. The molecule has 13 rings (SSSR count). The molecule has 64 heavy (non-hydrogen) atoms. The van der Waals surface area contributed by atoms with Crippen molar-refractivity contribution >= 4 is 94.0 Å². The van der Waals surface area contributed by atoms with E-state index in [1.807, 2.05) is 0 Å². The summed E-state index contributed by atoms with van der Waals surface area (Å²) in [5, 5.41) is 7.63. The smallest absolute Gasteiger partial charge is 0.0619 e. The number of rotatable bonds is 8. The van der Waals surface area contributed by atoms with Gasteiger partial charge in [-0.1, -0.05) is 146 Å². The first-order valence-electron chi connectivity index (χ1n) is 21.9. The third-order valence-electron chi connectivity index (χ3n) is 13.0. The molecule has 0 atom stereocenters. The van der Waals surface area contributed by atoms with E-state index in [1.54, 1.807) is 0 Å². The standard InChI is InChI=1S/C60H40N4/c1-4-18-41(19-5-1)42-20-12-25-45(38-42)61(43-21-6-2-7-22-43)46-26-13-27-47(39-46)62(44-23-8-3-9-24-44)48-28-14-29-49(40-48)63-55-35-16-31-51-53-33-15-32-52-50-30-10-11-34-54(50)64(60(52)53)57-37-17-36-56(63)59(57)58(51)55/h1-40H. The molecule has 0 aliphatic carbocycles. The van der Waals surface area contributed by atoms with Crippen LogP contribution in [-0.2, 0) is 0 Å². The lowest BCUT2D eigenvalue weighted by molar-refractivity contribution is 1.17. The normalized spacial score (nSPS) is 11.8. The van der Waals surface area contributed by atoms with Crippen molar-refractivity contribution < 1.29 is 0 Å². The molecule has 0 N–H and O–H groups in total. The van der Waals surface area contributed by atoms with E-state index in [0.717, 1.165) is 39.8 Å². The van der Waals surface area contributed by atoms with Crippen LogP contribution in [0.5, 0.6) is 0 Å². The molecule has 300 valence electrons. The Hall–Kier alpha value is -8.60. The minimum absolute atomic E-state index is 1.06. The SMILES string of the molecule is c1ccc(-c2cccc(N(c3ccccc3)c3cccc(N(c4ccccc4)c4cccc(-n5c6cccc7c8cccc9c%10ccccc%10n(c%10cccc5c%10c76)c89)c4)c3)c2)cc1. The van der Waals surface area contributed by atoms with E-state index in [4.69, 9.17) is 0 Å². The second kappa shape index (κ2) is 14.5. The number of nitrogens with zero attached hydrogens (tertiary/aromatic N) is 4. The van der Waals surface area contributed by atoms with Crippen LogP contribution in [0.1, 0.15) is 0 Å². The van der Waals surface area contributed by atoms with Gasteiger partial charge in [-0.3, -0.25) is 0 Å². The minimum Gasteiger partial charge on any atom is -0.310 e. The number of para-hydroxylation sites is 4. The molecular weight excluding hydrogens is 777 g/mol. The fourth-order valence-electron chi connectivity index (χ4n) is 10.3. The number of benzene rings is 10. The van der Waals surface area contributed by atoms with Crippen molar-refractivity contribution in [2.24, 2.45) is 0 Å². The first-order chi connectivity index (χ1) is 31.8. The summed E-state index contributed by atoms with van der Waals surface area (Å²) in [6, 6.07) is 88.0. The predicted octanol–water partition coefficient (Wildman–Crippen LogP) is 16.5. The Bertz CT molecular complexity index is 3850. The van der Waals surface area contributed by atoms with E-state index in [2.05, 4.69) is 261 Å². The molecule has 4 heteroatoms. The maximum atomic E-state index is 2.50. The van der Waals surface area contributed by atoms with Crippen LogP contribution >= 0.6 is 0 Å². The summed E-state index contributed by atoms with van der Waals surface area (Å²) < 4.78 is 4.97. The quantitative estimate of drug-likeness (QED) is 0.152. The lowest BCUT2D eigenvalue weighted by atomic mass is 10.0. The minimum atomic E-state index is 1.06. The summed E-state index contributed by atoms with van der Waals surface area (Å²) in [4.78, 5) is 4.73. The zero-order valence-corrected chi connectivity index (χ0v) is 34.9. The summed E-state index contributed by atoms with van der Waals surface area (Å²) >= 11 is 0. The molecule has 0 spiro atoms. The Kier molecular flexibility index (Phi) is 8.18. The summed E-state index contributed by atoms with van der Waals surface area (Å²) in [6.45, 7) is 0. The second-order valence-electron chi connectivity index (χ2n) is 16.6. The van der Waals surface area contributed by atoms with Gasteiger partial charge in [-0.2, -0.15) is 0 Å². The van der Waals surface area contributed by atoms with Crippen LogP contribution in [0, 0.1) is 0 Å². The van der Waals surface area contributed by atoms with Gasteiger partial charge in [-0.15, -0.1) is 0 Å². The van der Waals surface area contributed by atoms with Crippen molar-refractivity contribution in [1.82, 2.24) is 8.97 Å². The van der Waals surface area contributed by atoms with Crippen molar-refractivity contribution in [3.63, 3.8) is 0 Å². The third-order valence-corrected chi connectivity index (χ3v) is 13.0. The summed E-state index contributed by atoms with van der Waals surface area (Å²) in [5.41, 5.74) is 16.0. The molecule has 13 aromatic rings. The van der Waals surface area contributed by atoms with Gasteiger partial charge in [-0.05, 0) is 114 Å². The van der Waals surface area contributed by atoms with E-state index in [9.17, 15) is 0 Å². The molecule has 0 amide bonds. The van der Waals surface area contributed by atoms with Crippen LogP contribution < -0.4 is 9.80 Å². The number of hydrogen-bond acceptors (Lipinski definition) is 2. The fourth-order valence-corrected chi connectivity index (χ4v) is 10.3. The van der Waals surface area contributed by atoms with E-state index >= 15 is 0 Å². The van der Waals surface area contributed by atoms with Crippen molar-refractivity contribution in [3.8, 4) is 16.8 Å². The number of anilines is 6. The molecule has 3 aromatic heterocycles. The molecule has 0 fully saturated rings. The van der Waals surface area contributed by atoms with Gasteiger partial charge in [0.15, 0.2) is 0 Å². The summed E-state index contributed by atoms with van der Waals surface area (Å²) in [7, 11) is 0. The molecule has 10 aromatic carbocycles. The fraction of sp³-hybridized carbons (Fsp3) is 0. The predicted molar refractivity (Wildman–Crippen MR) is 270 cm³/mol. The number of aromatic nitrogens is 2. The lowest BCUT2D eigenvalue weighted by Crippen LogP contribution is -2.13. The van der Waals surface area contributed by atoms with Crippen LogP contribution in [-0.4, -0.2) is 8.97 Å². The Morgan fingerprint density at radius 1 is 0.266 bits per heavy atom. The van der Waals surface area contributed by atoms with Crippen molar-refractivity contribution in [1.29, 1.82) is 0 Å². The molecule has 3 heterocycles. The lowest BCUT2D eigenvalue weighted by Gasteiger charge is -2.30. The topological polar surface area (TPSA) is 15.8 Å². The van der Waals surface area contributed by atoms with Crippen LogP contribution in [0.2, 0.25) is 0 Å². The van der Waals surface area contributed by atoms with E-state index < -0.39 is 0 Å². The third kappa shape index (κ3) is 5.56. The van der Waals surface area contributed by atoms with Gasteiger partial charge in [0.25, 0.3) is 0 Å². The second-order valence-corrected chi connectivity index (χ2v) is 16.6. The molecule has 0 bridgehead atoms. The Morgan fingerprint density at radius 3 is 1.42 bits per heavy atom. The highest BCUT2D eigenvalue weighted by molar-refractivity contribution is 6.31. The summed E-state index contributed by atoms with van der Waals surface area (Å²) in [6.07, 6.45) is 0. The molecular formula is C60H40N4. The maximum absolute atomic E-state index is 2.50.